The number of methoxy groups -OCH3 is 1. The summed E-state index contributed by atoms with van der Waals surface area (Å²) in [5.74, 6) is 0. The maximum absolute atomic E-state index is 5.80. The minimum Gasteiger partial charge on any atom is -0.399 e. The molecule has 0 aliphatic rings. The Balaban J connectivity index is 2.49. The highest BCUT2D eigenvalue weighted by molar-refractivity contribution is 5.39. The summed E-state index contributed by atoms with van der Waals surface area (Å²) in [6.07, 6.45) is 0.828. The van der Waals surface area contributed by atoms with Gasteiger partial charge in [-0.1, -0.05) is 12.1 Å². The van der Waals surface area contributed by atoms with E-state index in [-0.39, 0.29) is 6.04 Å². The van der Waals surface area contributed by atoms with Crippen LogP contribution in [0.25, 0.3) is 0 Å². The lowest BCUT2D eigenvalue weighted by atomic mass is 10.1. The minimum atomic E-state index is 0.0635. The van der Waals surface area contributed by atoms with E-state index in [4.69, 9.17) is 16.2 Å². The molecule has 1 atom stereocenters. The first-order valence-electron chi connectivity index (χ1n) is 4.31. The van der Waals surface area contributed by atoms with Gasteiger partial charge in [-0.3, -0.25) is 0 Å². The van der Waals surface area contributed by atoms with Crippen molar-refractivity contribution in [1.29, 1.82) is 0 Å². The standard InChI is InChI=1S/C10H16N2O/c1-13-7-10(12)6-8-2-4-9(11)5-3-8/h2-5,10H,6-7,11-12H2,1H3/t10-/m0/s1. The number of rotatable bonds is 4. The van der Waals surface area contributed by atoms with Crippen molar-refractivity contribution in [2.75, 3.05) is 19.5 Å². The molecule has 4 N–H and O–H groups in total. The van der Waals surface area contributed by atoms with Gasteiger partial charge in [0, 0.05) is 18.8 Å². The lowest BCUT2D eigenvalue weighted by Crippen LogP contribution is -2.27. The predicted octanol–water partition coefficient (Wildman–Crippen LogP) is 0.785. The monoisotopic (exact) mass is 180 g/mol. The van der Waals surface area contributed by atoms with Crippen LogP contribution in [0.1, 0.15) is 5.56 Å². The van der Waals surface area contributed by atoms with Gasteiger partial charge in [0.1, 0.15) is 0 Å². The quantitative estimate of drug-likeness (QED) is 0.673. The largest absolute Gasteiger partial charge is 0.399 e. The van der Waals surface area contributed by atoms with Crippen molar-refractivity contribution in [2.45, 2.75) is 12.5 Å². The molecule has 1 aromatic rings. The Kier molecular flexibility index (Phi) is 3.73. The number of anilines is 1. The number of hydrogen-bond acceptors (Lipinski definition) is 3. The van der Waals surface area contributed by atoms with Gasteiger partial charge in [-0.2, -0.15) is 0 Å². The van der Waals surface area contributed by atoms with Gasteiger partial charge in [-0.25, -0.2) is 0 Å². The molecular formula is C10H16N2O. The van der Waals surface area contributed by atoms with Crippen molar-refractivity contribution in [1.82, 2.24) is 0 Å². The van der Waals surface area contributed by atoms with Gasteiger partial charge in [0.2, 0.25) is 0 Å². The first-order valence-corrected chi connectivity index (χ1v) is 4.31. The maximum Gasteiger partial charge on any atom is 0.0616 e. The van der Waals surface area contributed by atoms with Crippen molar-refractivity contribution in [2.24, 2.45) is 5.73 Å². The van der Waals surface area contributed by atoms with Gasteiger partial charge in [0.05, 0.1) is 6.61 Å². The zero-order valence-electron chi connectivity index (χ0n) is 7.86. The van der Waals surface area contributed by atoms with Crippen molar-refractivity contribution >= 4 is 5.69 Å². The molecule has 0 saturated heterocycles. The van der Waals surface area contributed by atoms with Gasteiger partial charge in [0.25, 0.3) is 0 Å². The van der Waals surface area contributed by atoms with Crippen LogP contribution < -0.4 is 11.5 Å². The van der Waals surface area contributed by atoms with E-state index in [1.165, 1.54) is 5.56 Å². The SMILES string of the molecule is COC[C@@H](N)Cc1ccc(N)cc1. The maximum atomic E-state index is 5.80. The average Bonchev–Trinajstić information content (AvgIpc) is 2.09. The molecule has 3 heteroatoms. The second-order valence-electron chi connectivity index (χ2n) is 3.16. The Labute approximate surface area is 78.7 Å². The van der Waals surface area contributed by atoms with Crippen LogP contribution in [-0.2, 0) is 11.2 Å². The van der Waals surface area contributed by atoms with Gasteiger partial charge in [-0.05, 0) is 24.1 Å². The summed E-state index contributed by atoms with van der Waals surface area (Å²) in [7, 11) is 1.66. The molecule has 0 aliphatic heterocycles. The molecule has 0 aromatic heterocycles. The summed E-state index contributed by atoms with van der Waals surface area (Å²) in [5, 5.41) is 0. The number of hydrogen-bond donors (Lipinski definition) is 2. The van der Waals surface area contributed by atoms with Crippen LogP contribution in [0.15, 0.2) is 24.3 Å². The zero-order chi connectivity index (χ0) is 9.68. The normalized spacial score (nSPS) is 12.8. The Hall–Kier alpha value is -1.06. The molecule has 1 aromatic carbocycles. The van der Waals surface area contributed by atoms with Crippen molar-refractivity contribution in [3.63, 3.8) is 0 Å². The number of nitrogens with two attached hydrogens (primary N) is 2. The molecule has 0 saturated carbocycles. The van der Waals surface area contributed by atoms with E-state index in [2.05, 4.69) is 0 Å². The van der Waals surface area contributed by atoms with E-state index in [0.29, 0.717) is 6.61 Å². The molecule has 0 fully saturated rings. The van der Waals surface area contributed by atoms with Crippen LogP contribution >= 0.6 is 0 Å². The zero-order valence-corrected chi connectivity index (χ0v) is 7.86. The summed E-state index contributed by atoms with van der Waals surface area (Å²) in [4.78, 5) is 0. The van der Waals surface area contributed by atoms with E-state index in [0.717, 1.165) is 12.1 Å². The number of ether oxygens (including phenoxy) is 1. The fraction of sp³-hybridized carbons (Fsp3) is 0.400. The molecule has 0 amide bonds. The lowest BCUT2D eigenvalue weighted by Gasteiger charge is -2.09. The molecule has 0 radical (unpaired) electrons. The second kappa shape index (κ2) is 4.84. The summed E-state index contributed by atoms with van der Waals surface area (Å²) in [6.45, 7) is 0.588. The van der Waals surface area contributed by atoms with Crippen LogP contribution in [0.2, 0.25) is 0 Å². The molecule has 0 heterocycles. The van der Waals surface area contributed by atoms with Crippen molar-refractivity contribution < 1.29 is 4.74 Å². The fourth-order valence-electron chi connectivity index (χ4n) is 1.23. The molecule has 13 heavy (non-hydrogen) atoms. The molecule has 0 spiro atoms. The third kappa shape index (κ3) is 3.44. The van der Waals surface area contributed by atoms with Gasteiger partial charge < -0.3 is 16.2 Å². The first-order chi connectivity index (χ1) is 6.22. The van der Waals surface area contributed by atoms with Crippen molar-refractivity contribution in [3.05, 3.63) is 29.8 Å². The number of nitrogen functional groups attached to an aromatic ring is 1. The minimum absolute atomic E-state index is 0.0635. The highest BCUT2D eigenvalue weighted by atomic mass is 16.5. The van der Waals surface area contributed by atoms with E-state index in [9.17, 15) is 0 Å². The highest BCUT2D eigenvalue weighted by Gasteiger charge is 2.02. The van der Waals surface area contributed by atoms with E-state index in [1.807, 2.05) is 24.3 Å². The molecule has 0 aliphatic carbocycles. The van der Waals surface area contributed by atoms with Gasteiger partial charge in [0.15, 0.2) is 0 Å². The van der Waals surface area contributed by atoms with Gasteiger partial charge >= 0.3 is 0 Å². The van der Waals surface area contributed by atoms with Gasteiger partial charge in [-0.15, -0.1) is 0 Å². The summed E-state index contributed by atoms with van der Waals surface area (Å²) in [5.41, 5.74) is 13.3. The Morgan fingerprint density at radius 1 is 1.31 bits per heavy atom. The van der Waals surface area contributed by atoms with Crippen LogP contribution in [0.3, 0.4) is 0 Å². The first kappa shape index (κ1) is 10.0. The Morgan fingerprint density at radius 2 is 1.92 bits per heavy atom. The Morgan fingerprint density at radius 3 is 2.46 bits per heavy atom. The number of benzene rings is 1. The lowest BCUT2D eigenvalue weighted by molar-refractivity contribution is 0.180. The third-order valence-corrected chi connectivity index (χ3v) is 1.86. The summed E-state index contributed by atoms with van der Waals surface area (Å²) < 4.78 is 4.95. The van der Waals surface area contributed by atoms with Crippen LogP contribution in [-0.4, -0.2) is 19.8 Å². The summed E-state index contributed by atoms with van der Waals surface area (Å²) >= 11 is 0. The predicted molar refractivity (Wildman–Crippen MR) is 54.4 cm³/mol. The van der Waals surface area contributed by atoms with Crippen LogP contribution in [0.5, 0.6) is 0 Å². The fourth-order valence-corrected chi connectivity index (χ4v) is 1.23. The van der Waals surface area contributed by atoms with Crippen molar-refractivity contribution in [3.8, 4) is 0 Å². The second-order valence-corrected chi connectivity index (χ2v) is 3.16. The Bertz CT molecular complexity index is 246. The van der Waals surface area contributed by atoms with Crippen LogP contribution in [0, 0.1) is 0 Å². The molecule has 1 rings (SSSR count). The van der Waals surface area contributed by atoms with E-state index >= 15 is 0 Å². The van der Waals surface area contributed by atoms with Crippen LogP contribution in [0.4, 0.5) is 5.69 Å². The molecule has 0 bridgehead atoms. The molecular weight excluding hydrogens is 164 g/mol. The smallest absolute Gasteiger partial charge is 0.0616 e. The van der Waals surface area contributed by atoms with E-state index < -0.39 is 0 Å². The topological polar surface area (TPSA) is 61.3 Å². The average molecular weight is 180 g/mol. The molecule has 3 nitrogen and oxygen atoms in total. The van der Waals surface area contributed by atoms with E-state index in [1.54, 1.807) is 7.11 Å². The third-order valence-electron chi connectivity index (χ3n) is 1.86. The molecule has 0 unspecified atom stereocenters. The molecule has 72 valence electrons. The summed E-state index contributed by atoms with van der Waals surface area (Å²) in [6, 6.07) is 7.81. The highest BCUT2D eigenvalue weighted by Crippen LogP contribution is 2.07.